The first-order chi connectivity index (χ1) is 10.4. The van der Waals surface area contributed by atoms with E-state index >= 15 is 0 Å². The van der Waals surface area contributed by atoms with E-state index in [0.717, 1.165) is 0 Å². The molecule has 0 fully saturated rings. The van der Waals surface area contributed by atoms with E-state index < -0.39 is 0 Å². The van der Waals surface area contributed by atoms with Gasteiger partial charge in [0.1, 0.15) is 5.75 Å². The number of likely N-dealkylation sites (N-methyl/N-ethyl adjacent to an activating group) is 1. The van der Waals surface area contributed by atoms with Crippen LogP contribution in [-0.2, 0) is 4.79 Å². The minimum absolute atomic E-state index is 0.0180. The predicted octanol–water partition coefficient (Wildman–Crippen LogP) is 2.54. The molecule has 0 radical (unpaired) electrons. The van der Waals surface area contributed by atoms with Gasteiger partial charge in [-0.3, -0.25) is 9.69 Å². The Hall–Kier alpha value is -1.98. The van der Waals surface area contributed by atoms with E-state index in [1.807, 2.05) is 11.9 Å². The maximum absolute atomic E-state index is 12.3. The summed E-state index contributed by atoms with van der Waals surface area (Å²) in [6.07, 6.45) is 3.04. The molecule has 1 aliphatic heterocycles. The summed E-state index contributed by atoms with van der Waals surface area (Å²) in [6, 6.07) is 5.34. The van der Waals surface area contributed by atoms with E-state index in [0.29, 0.717) is 35.1 Å². The van der Waals surface area contributed by atoms with Gasteiger partial charge in [0.15, 0.2) is 11.7 Å². The van der Waals surface area contributed by atoms with E-state index in [-0.39, 0.29) is 11.7 Å². The maximum atomic E-state index is 12.3. The van der Waals surface area contributed by atoms with Crippen LogP contribution in [0.15, 0.2) is 35.7 Å². The third-order valence-corrected chi connectivity index (χ3v) is 3.84. The van der Waals surface area contributed by atoms with E-state index in [1.165, 1.54) is 13.2 Å². The Labute approximate surface area is 135 Å². The Morgan fingerprint density at radius 2 is 2.14 bits per heavy atom. The van der Waals surface area contributed by atoms with Crippen LogP contribution >= 0.6 is 11.6 Å². The number of rotatable bonds is 4. The van der Waals surface area contributed by atoms with Crippen molar-refractivity contribution in [2.45, 2.75) is 0 Å². The minimum atomic E-state index is -0.241. The molecule has 1 aromatic rings. The molecule has 1 heterocycles. The van der Waals surface area contributed by atoms with Crippen LogP contribution in [0.3, 0.4) is 0 Å². The van der Waals surface area contributed by atoms with Crippen molar-refractivity contribution in [2.75, 3.05) is 34.4 Å². The molecule has 0 saturated heterocycles. The highest BCUT2D eigenvalue weighted by Gasteiger charge is 2.23. The highest BCUT2D eigenvalue weighted by Crippen LogP contribution is 2.28. The molecular weight excluding hydrogens is 304 g/mol. The zero-order valence-electron chi connectivity index (χ0n) is 12.8. The second kappa shape index (κ2) is 6.85. The Kier molecular flexibility index (Phi) is 5.11. The van der Waals surface area contributed by atoms with Gasteiger partial charge in [0, 0.05) is 13.6 Å². The van der Waals surface area contributed by atoms with Crippen LogP contribution < -0.4 is 4.74 Å². The molecule has 0 bridgehead atoms. The molecule has 1 aliphatic rings. The van der Waals surface area contributed by atoms with Gasteiger partial charge >= 0.3 is 0 Å². The Morgan fingerprint density at radius 1 is 1.41 bits per heavy atom. The van der Waals surface area contributed by atoms with Crippen molar-refractivity contribution in [3.05, 3.63) is 46.3 Å². The number of allylic oxidation sites excluding steroid dienone is 1. The normalized spacial score (nSPS) is 16.5. The number of aliphatic hydroxyl groups excluding tert-OH is 1. The molecule has 0 amide bonds. The Bertz CT molecular complexity index is 640. The maximum Gasteiger partial charge on any atom is 0.196 e. The quantitative estimate of drug-likeness (QED) is 0.863. The van der Waals surface area contributed by atoms with Gasteiger partial charge in [-0.1, -0.05) is 23.7 Å². The lowest BCUT2D eigenvalue weighted by atomic mass is 10.1. The average molecular weight is 323 g/mol. The second-order valence-corrected chi connectivity index (χ2v) is 5.59. The van der Waals surface area contributed by atoms with Gasteiger partial charge in [0.2, 0.25) is 0 Å². The average Bonchev–Trinajstić information content (AvgIpc) is 2.49. The van der Waals surface area contributed by atoms with E-state index in [9.17, 15) is 9.90 Å². The molecule has 0 unspecified atom stereocenters. The highest BCUT2D eigenvalue weighted by molar-refractivity contribution is 6.33. The van der Waals surface area contributed by atoms with Crippen LogP contribution in [0.5, 0.6) is 5.75 Å². The standard InChI is InChI=1S/C16H19ClN2O3/c1-18-9-12(16(21)19(2)10-18)13(20)8-7-11-5-4-6-14(22-3)15(11)17/h4-8,21H,9-10H2,1-3H3/b8-7+. The van der Waals surface area contributed by atoms with Crippen molar-refractivity contribution in [3.8, 4) is 5.75 Å². The van der Waals surface area contributed by atoms with E-state index in [1.54, 1.807) is 36.2 Å². The van der Waals surface area contributed by atoms with Crippen LogP contribution in [0.2, 0.25) is 5.02 Å². The lowest BCUT2D eigenvalue weighted by Gasteiger charge is -2.32. The number of carbonyl (C=O) groups excluding carboxylic acids is 1. The lowest BCUT2D eigenvalue weighted by Crippen LogP contribution is -2.41. The number of carbonyl (C=O) groups is 1. The molecule has 1 N–H and O–H groups in total. The molecule has 0 atom stereocenters. The highest BCUT2D eigenvalue weighted by atomic mass is 35.5. The van der Waals surface area contributed by atoms with Gasteiger partial charge in [-0.15, -0.1) is 0 Å². The number of ketones is 1. The van der Waals surface area contributed by atoms with Crippen molar-refractivity contribution < 1.29 is 14.6 Å². The molecule has 6 heteroatoms. The third-order valence-electron chi connectivity index (χ3n) is 3.44. The molecule has 22 heavy (non-hydrogen) atoms. The summed E-state index contributed by atoms with van der Waals surface area (Å²) in [6.45, 7) is 0.985. The Morgan fingerprint density at radius 3 is 2.82 bits per heavy atom. The van der Waals surface area contributed by atoms with Crippen molar-refractivity contribution in [1.82, 2.24) is 9.80 Å². The van der Waals surface area contributed by atoms with Gasteiger partial charge in [-0.2, -0.15) is 0 Å². The molecule has 5 nitrogen and oxygen atoms in total. The minimum Gasteiger partial charge on any atom is -0.495 e. The van der Waals surface area contributed by atoms with Gasteiger partial charge in [-0.25, -0.2) is 0 Å². The summed E-state index contributed by atoms with van der Waals surface area (Å²) in [7, 11) is 5.16. The topological polar surface area (TPSA) is 53.0 Å². The molecular formula is C16H19ClN2O3. The Balaban J connectivity index is 2.23. The summed E-state index contributed by atoms with van der Waals surface area (Å²) in [5.41, 5.74) is 1.05. The first-order valence-corrected chi connectivity index (χ1v) is 7.18. The first-order valence-electron chi connectivity index (χ1n) is 6.80. The van der Waals surface area contributed by atoms with Crippen molar-refractivity contribution in [1.29, 1.82) is 0 Å². The third kappa shape index (κ3) is 3.43. The van der Waals surface area contributed by atoms with Crippen molar-refractivity contribution in [3.63, 3.8) is 0 Å². The van der Waals surface area contributed by atoms with Crippen LogP contribution in [0.1, 0.15) is 5.56 Å². The molecule has 1 aromatic carbocycles. The SMILES string of the molecule is COc1cccc(/C=C/C(=O)C2=C(O)N(C)CN(C)C2)c1Cl. The number of nitrogens with zero attached hydrogens (tertiary/aromatic N) is 2. The monoisotopic (exact) mass is 322 g/mol. The van der Waals surface area contributed by atoms with Crippen LogP contribution in [-0.4, -0.2) is 55.1 Å². The fourth-order valence-electron chi connectivity index (χ4n) is 2.32. The smallest absolute Gasteiger partial charge is 0.196 e. The number of hydrogen-bond donors (Lipinski definition) is 1. The molecule has 0 spiro atoms. The van der Waals surface area contributed by atoms with Crippen LogP contribution in [0.25, 0.3) is 6.08 Å². The summed E-state index contributed by atoms with van der Waals surface area (Å²) in [4.78, 5) is 15.9. The largest absolute Gasteiger partial charge is 0.495 e. The van der Waals surface area contributed by atoms with Gasteiger partial charge in [0.05, 0.1) is 24.4 Å². The number of hydrogen-bond acceptors (Lipinski definition) is 5. The number of ether oxygens (including phenoxy) is 1. The number of aliphatic hydroxyl groups is 1. The van der Waals surface area contributed by atoms with Gasteiger partial charge in [0.25, 0.3) is 0 Å². The second-order valence-electron chi connectivity index (χ2n) is 5.22. The van der Waals surface area contributed by atoms with E-state index in [4.69, 9.17) is 16.3 Å². The predicted molar refractivity (Wildman–Crippen MR) is 87.0 cm³/mol. The van der Waals surface area contributed by atoms with Crippen molar-refractivity contribution in [2.24, 2.45) is 0 Å². The number of halogens is 1. The summed E-state index contributed by atoms with van der Waals surface area (Å²) in [5.74, 6) is 0.328. The fraction of sp³-hybridized carbons (Fsp3) is 0.312. The summed E-state index contributed by atoms with van der Waals surface area (Å²) in [5, 5.41) is 10.5. The fourth-order valence-corrected chi connectivity index (χ4v) is 2.58. The summed E-state index contributed by atoms with van der Waals surface area (Å²) >= 11 is 6.19. The molecule has 118 valence electrons. The van der Waals surface area contributed by atoms with E-state index in [2.05, 4.69) is 0 Å². The molecule has 0 aliphatic carbocycles. The zero-order chi connectivity index (χ0) is 16.3. The lowest BCUT2D eigenvalue weighted by molar-refractivity contribution is -0.112. The molecule has 0 aromatic heterocycles. The first kappa shape index (κ1) is 16.4. The zero-order valence-corrected chi connectivity index (χ0v) is 13.6. The number of methoxy groups -OCH3 is 1. The molecule has 0 saturated carbocycles. The van der Waals surface area contributed by atoms with Crippen LogP contribution in [0, 0.1) is 0 Å². The van der Waals surface area contributed by atoms with Crippen molar-refractivity contribution >= 4 is 23.5 Å². The number of benzene rings is 1. The van der Waals surface area contributed by atoms with Gasteiger partial charge in [-0.05, 0) is 30.8 Å². The van der Waals surface area contributed by atoms with Crippen LogP contribution in [0.4, 0.5) is 0 Å². The molecule has 2 rings (SSSR count). The van der Waals surface area contributed by atoms with Gasteiger partial charge < -0.3 is 14.7 Å². The summed E-state index contributed by atoms with van der Waals surface area (Å²) < 4.78 is 5.14.